The van der Waals surface area contributed by atoms with Crippen LogP contribution in [0.5, 0.6) is 0 Å². The molecule has 2 N–H and O–H groups in total. The lowest BCUT2D eigenvalue weighted by Crippen LogP contribution is -2.15. The zero-order chi connectivity index (χ0) is 20.0. The van der Waals surface area contributed by atoms with Gasteiger partial charge in [0.2, 0.25) is 5.89 Å². The van der Waals surface area contributed by atoms with Gasteiger partial charge < -0.3 is 9.40 Å². The lowest BCUT2D eigenvalue weighted by molar-refractivity contribution is -0.137. The molecule has 3 aromatic rings. The van der Waals surface area contributed by atoms with Crippen molar-refractivity contribution < 1.29 is 26.0 Å². The molecule has 0 spiro atoms. The third-order valence-corrected chi connectivity index (χ3v) is 5.32. The minimum Gasteiger partial charge on any atom is -0.421 e. The normalized spacial score (nSPS) is 12.4. The van der Waals surface area contributed by atoms with Crippen LogP contribution in [-0.2, 0) is 16.2 Å². The maximum Gasteiger partial charge on any atom is 0.416 e. The third-order valence-electron chi connectivity index (χ3n) is 3.77. The third kappa shape index (κ3) is 3.68. The van der Waals surface area contributed by atoms with Crippen molar-refractivity contribution in [2.75, 3.05) is 4.72 Å². The lowest BCUT2D eigenvalue weighted by atomic mass is 10.2. The topological polar surface area (TPSA) is 101 Å². The SMILES string of the molecule is Cc1nnc(-c2c(C)[nH]c(C)c2S(=O)(=O)Nc2cccc(C(F)(F)F)c2)o1. The summed E-state index contributed by atoms with van der Waals surface area (Å²) in [6.07, 6.45) is -4.59. The van der Waals surface area contributed by atoms with Crippen LogP contribution in [0.2, 0.25) is 0 Å². The van der Waals surface area contributed by atoms with E-state index < -0.39 is 21.8 Å². The Hall–Kier alpha value is -2.82. The van der Waals surface area contributed by atoms with Gasteiger partial charge in [0.25, 0.3) is 15.9 Å². The van der Waals surface area contributed by atoms with Crippen molar-refractivity contribution in [3.8, 4) is 11.5 Å². The summed E-state index contributed by atoms with van der Waals surface area (Å²) in [6.45, 7) is 4.71. The number of anilines is 1. The number of alkyl halides is 3. The molecule has 0 amide bonds. The van der Waals surface area contributed by atoms with Crippen molar-refractivity contribution in [3.05, 3.63) is 47.1 Å². The van der Waals surface area contributed by atoms with Gasteiger partial charge in [-0.15, -0.1) is 10.2 Å². The molecule has 3 rings (SSSR count). The Morgan fingerprint density at radius 2 is 1.81 bits per heavy atom. The molecule has 0 unspecified atom stereocenters. The van der Waals surface area contributed by atoms with E-state index in [9.17, 15) is 21.6 Å². The maximum atomic E-state index is 12.9. The van der Waals surface area contributed by atoms with Gasteiger partial charge in [0.05, 0.1) is 11.1 Å². The van der Waals surface area contributed by atoms with Crippen molar-refractivity contribution >= 4 is 15.7 Å². The number of rotatable bonds is 4. The Morgan fingerprint density at radius 1 is 1.11 bits per heavy atom. The molecule has 0 aliphatic rings. The molecule has 0 aliphatic heterocycles. The van der Waals surface area contributed by atoms with E-state index in [2.05, 4.69) is 19.9 Å². The smallest absolute Gasteiger partial charge is 0.416 e. The summed E-state index contributed by atoms with van der Waals surface area (Å²) in [5.41, 5.74) is -0.237. The monoisotopic (exact) mass is 400 g/mol. The molecule has 0 saturated carbocycles. The first-order valence-corrected chi connectivity index (χ1v) is 9.17. The Balaban J connectivity index is 2.07. The van der Waals surface area contributed by atoms with Crippen LogP contribution >= 0.6 is 0 Å². The molecule has 0 fully saturated rings. The van der Waals surface area contributed by atoms with Gasteiger partial charge in [-0.25, -0.2) is 8.42 Å². The summed E-state index contributed by atoms with van der Waals surface area (Å²) in [5, 5.41) is 7.53. The average Bonchev–Trinajstić information content (AvgIpc) is 3.09. The Bertz CT molecular complexity index is 1100. The van der Waals surface area contributed by atoms with E-state index in [1.807, 2.05) is 0 Å². The maximum absolute atomic E-state index is 12.9. The van der Waals surface area contributed by atoms with Gasteiger partial charge in [0.15, 0.2) is 0 Å². The first kappa shape index (κ1) is 19.0. The number of nitrogens with one attached hydrogen (secondary N) is 2. The fraction of sp³-hybridized carbons (Fsp3) is 0.250. The minimum absolute atomic E-state index is 0.00114. The standard InChI is InChI=1S/C16H15F3N4O3S/c1-8-13(15-22-21-10(3)26-15)14(9(2)20-8)27(24,25)23-12-6-4-5-11(7-12)16(17,18)19/h4-7,20,23H,1-3H3. The van der Waals surface area contributed by atoms with E-state index in [0.717, 1.165) is 18.2 Å². The van der Waals surface area contributed by atoms with Gasteiger partial charge in [0.1, 0.15) is 4.90 Å². The molecule has 7 nitrogen and oxygen atoms in total. The lowest BCUT2D eigenvalue weighted by Gasteiger charge is -2.12. The number of aryl methyl sites for hydroxylation is 3. The molecule has 0 bridgehead atoms. The van der Waals surface area contributed by atoms with Crippen molar-refractivity contribution in [1.82, 2.24) is 15.2 Å². The van der Waals surface area contributed by atoms with Gasteiger partial charge in [0, 0.05) is 24.0 Å². The zero-order valence-electron chi connectivity index (χ0n) is 14.5. The number of nitrogens with zero attached hydrogens (tertiary/aromatic N) is 2. The number of halogens is 3. The van der Waals surface area contributed by atoms with E-state index in [0.29, 0.717) is 5.69 Å². The molecular weight excluding hydrogens is 385 g/mol. The zero-order valence-corrected chi connectivity index (χ0v) is 15.3. The molecule has 0 atom stereocenters. The molecule has 0 aliphatic carbocycles. The van der Waals surface area contributed by atoms with Crippen molar-refractivity contribution in [2.24, 2.45) is 0 Å². The van der Waals surface area contributed by atoms with E-state index in [1.54, 1.807) is 13.8 Å². The molecule has 2 heterocycles. The first-order valence-electron chi connectivity index (χ1n) is 7.69. The van der Waals surface area contributed by atoms with Crippen LogP contribution in [0.15, 0.2) is 33.6 Å². The Morgan fingerprint density at radius 3 is 2.41 bits per heavy atom. The van der Waals surface area contributed by atoms with Gasteiger partial charge >= 0.3 is 6.18 Å². The predicted octanol–water partition coefficient (Wildman–Crippen LogP) is 3.81. The molecule has 1 aromatic carbocycles. The van der Waals surface area contributed by atoms with Crippen LogP contribution in [0.25, 0.3) is 11.5 Å². The Kier molecular flexibility index (Phi) is 4.50. The highest BCUT2D eigenvalue weighted by Gasteiger charge is 2.32. The molecule has 0 radical (unpaired) electrons. The second-order valence-electron chi connectivity index (χ2n) is 5.89. The summed E-state index contributed by atoms with van der Waals surface area (Å²) in [7, 11) is -4.23. The van der Waals surface area contributed by atoms with E-state index in [-0.39, 0.29) is 33.6 Å². The van der Waals surface area contributed by atoms with Gasteiger partial charge in [-0.2, -0.15) is 13.2 Å². The number of H-pyrrole nitrogens is 1. The average molecular weight is 400 g/mol. The van der Waals surface area contributed by atoms with Gasteiger partial charge in [-0.1, -0.05) is 6.07 Å². The highest BCUT2D eigenvalue weighted by Crippen LogP contribution is 2.35. The summed E-state index contributed by atoms with van der Waals surface area (Å²) in [4.78, 5) is 2.72. The number of aromatic nitrogens is 3. The van der Waals surface area contributed by atoms with E-state index >= 15 is 0 Å². The summed E-state index contributed by atoms with van der Waals surface area (Å²) in [5.74, 6) is 0.246. The van der Waals surface area contributed by atoms with Crippen molar-refractivity contribution in [2.45, 2.75) is 31.8 Å². The van der Waals surface area contributed by atoms with E-state index in [1.165, 1.54) is 13.0 Å². The Labute approximate surface area is 152 Å². The summed E-state index contributed by atoms with van der Waals surface area (Å²) in [6, 6.07) is 3.94. The van der Waals surface area contributed by atoms with Crippen LogP contribution < -0.4 is 4.72 Å². The summed E-state index contributed by atoms with van der Waals surface area (Å²) >= 11 is 0. The molecule has 0 saturated heterocycles. The van der Waals surface area contributed by atoms with Crippen LogP contribution in [0.1, 0.15) is 22.8 Å². The fourth-order valence-electron chi connectivity index (χ4n) is 2.71. The number of sulfonamides is 1. The number of hydrogen-bond donors (Lipinski definition) is 2. The first-order chi connectivity index (χ1) is 12.5. The summed E-state index contributed by atoms with van der Waals surface area (Å²) < 4.78 is 71.9. The van der Waals surface area contributed by atoms with Crippen molar-refractivity contribution in [1.29, 1.82) is 0 Å². The number of benzene rings is 1. The highest BCUT2D eigenvalue weighted by atomic mass is 32.2. The largest absolute Gasteiger partial charge is 0.421 e. The van der Waals surface area contributed by atoms with E-state index in [4.69, 9.17) is 4.42 Å². The molecular formula is C16H15F3N4O3S. The second-order valence-corrected chi connectivity index (χ2v) is 7.51. The van der Waals surface area contributed by atoms with Crippen molar-refractivity contribution in [3.63, 3.8) is 0 Å². The predicted molar refractivity (Wildman–Crippen MR) is 90.5 cm³/mol. The fourth-order valence-corrected chi connectivity index (χ4v) is 4.22. The van der Waals surface area contributed by atoms with Crippen LogP contribution in [-0.4, -0.2) is 23.6 Å². The second kappa shape index (κ2) is 6.41. The minimum atomic E-state index is -4.59. The van der Waals surface area contributed by atoms with Gasteiger partial charge in [-0.05, 0) is 32.0 Å². The molecule has 11 heteroatoms. The number of aromatic amines is 1. The molecule has 2 aromatic heterocycles. The number of hydrogen-bond acceptors (Lipinski definition) is 5. The molecule has 27 heavy (non-hydrogen) atoms. The molecule has 144 valence electrons. The van der Waals surface area contributed by atoms with Crippen LogP contribution in [0, 0.1) is 20.8 Å². The van der Waals surface area contributed by atoms with Crippen LogP contribution in [0.4, 0.5) is 18.9 Å². The highest BCUT2D eigenvalue weighted by molar-refractivity contribution is 7.93. The van der Waals surface area contributed by atoms with Gasteiger partial charge in [-0.3, -0.25) is 4.72 Å². The van der Waals surface area contributed by atoms with Crippen LogP contribution in [0.3, 0.4) is 0 Å². The quantitative estimate of drug-likeness (QED) is 0.694.